The van der Waals surface area contributed by atoms with Crippen molar-refractivity contribution in [1.82, 2.24) is 4.90 Å². The predicted molar refractivity (Wildman–Crippen MR) is 69.7 cm³/mol. The number of hydrogen-bond donors (Lipinski definition) is 0. The van der Waals surface area contributed by atoms with Gasteiger partial charge in [-0.2, -0.15) is 0 Å². The molecule has 2 rings (SSSR count). The summed E-state index contributed by atoms with van der Waals surface area (Å²) in [5.74, 6) is 1.06. The Balaban J connectivity index is 2.01. The van der Waals surface area contributed by atoms with E-state index in [9.17, 15) is 4.79 Å². The summed E-state index contributed by atoms with van der Waals surface area (Å²) in [4.78, 5) is 13.7. The minimum absolute atomic E-state index is 0.258. The standard InChI is InChI=1S/C15H21NO/c1-12(17)10-16(13(2)15-8-9-15)11-14-6-4-3-5-7-14/h3-7,13,15H,8-11H2,1-2H3. The van der Waals surface area contributed by atoms with Gasteiger partial charge in [0.15, 0.2) is 0 Å². The van der Waals surface area contributed by atoms with Crippen molar-refractivity contribution >= 4 is 5.78 Å². The normalized spacial score (nSPS) is 17.1. The summed E-state index contributed by atoms with van der Waals surface area (Å²) >= 11 is 0. The highest BCUT2D eigenvalue weighted by Crippen LogP contribution is 2.35. The maximum atomic E-state index is 11.4. The molecular weight excluding hydrogens is 210 g/mol. The number of hydrogen-bond acceptors (Lipinski definition) is 2. The van der Waals surface area contributed by atoms with Gasteiger partial charge in [0.2, 0.25) is 0 Å². The average molecular weight is 231 g/mol. The van der Waals surface area contributed by atoms with E-state index in [-0.39, 0.29) is 5.78 Å². The second kappa shape index (κ2) is 5.46. The summed E-state index contributed by atoms with van der Waals surface area (Å²) in [6.45, 7) is 5.39. The van der Waals surface area contributed by atoms with Crippen molar-refractivity contribution < 1.29 is 4.79 Å². The molecule has 0 radical (unpaired) electrons. The van der Waals surface area contributed by atoms with Crippen LogP contribution in [0.2, 0.25) is 0 Å². The minimum atomic E-state index is 0.258. The average Bonchev–Trinajstić information content (AvgIpc) is 3.12. The molecule has 1 aromatic carbocycles. The van der Waals surface area contributed by atoms with Crippen LogP contribution in [-0.4, -0.2) is 23.3 Å². The molecule has 0 aromatic heterocycles. The Hall–Kier alpha value is -1.15. The Morgan fingerprint density at radius 1 is 1.35 bits per heavy atom. The molecule has 0 amide bonds. The molecule has 17 heavy (non-hydrogen) atoms. The maximum Gasteiger partial charge on any atom is 0.143 e. The van der Waals surface area contributed by atoms with Gasteiger partial charge in [0.05, 0.1) is 6.54 Å². The van der Waals surface area contributed by atoms with Gasteiger partial charge in [-0.25, -0.2) is 0 Å². The smallest absolute Gasteiger partial charge is 0.143 e. The van der Waals surface area contributed by atoms with Crippen LogP contribution in [0.25, 0.3) is 0 Å². The zero-order valence-corrected chi connectivity index (χ0v) is 10.7. The molecule has 1 fully saturated rings. The summed E-state index contributed by atoms with van der Waals surface area (Å²) in [6, 6.07) is 10.9. The van der Waals surface area contributed by atoms with Crippen LogP contribution < -0.4 is 0 Å². The Bertz CT molecular complexity index is 370. The maximum absolute atomic E-state index is 11.4. The molecule has 1 aromatic rings. The largest absolute Gasteiger partial charge is 0.299 e. The van der Waals surface area contributed by atoms with E-state index < -0.39 is 0 Å². The van der Waals surface area contributed by atoms with E-state index in [1.54, 1.807) is 6.92 Å². The van der Waals surface area contributed by atoms with Crippen LogP contribution in [0.15, 0.2) is 30.3 Å². The van der Waals surface area contributed by atoms with Crippen molar-refractivity contribution in [2.45, 2.75) is 39.3 Å². The SMILES string of the molecule is CC(=O)CN(Cc1ccccc1)C(C)C1CC1. The summed E-state index contributed by atoms with van der Waals surface area (Å²) in [7, 11) is 0. The molecule has 1 aliphatic carbocycles. The van der Waals surface area contributed by atoms with Gasteiger partial charge in [0.25, 0.3) is 0 Å². The molecule has 0 saturated heterocycles. The molecule has 0 bridgehead atoms. The molecule has 92 valence electrons. The number of rotatable bonds is 6. The molecule has 0 N–H and O–H groups in total. The lowest BCUT2D eigenvalue weighted by Crippen LogP contribution is -2.37. The van der Waals surface area contributed by atoms with Gasteiger partial charge in [-0.05, 0) is 38.2 Å². The van der Waals surface area contributed by atoms with Gasteiger partial charge in [-0.3, -0.25) is 9.69 Å². The first-order valence-corrected chi connectivity index (χ1v) is 6.44. The molecule has 0 spiro atoms. The van der Waals surface area contributed by atoms with E-state index in [0.29, 0.717) is 12.6 Å². The van der Waals surface area contributed by atoms with Crippen LogP contribution in [0.1, 0.15) is 32.3 Å². The van der Waals surface area contributed by atoms with E-state index in [4.69, 9.17) is 0 Å². The summed E-state index contributed by atoms with van der Waals surface area (Å²) < 4.78 is 0. The quantitative estimate of drug-likeness (QED) is 0.750. The molecule has 2 heteroatoms. The molecule has 1 unspecified atom stereocenters. The Kier molecular flexibility index (Phi) is 3.95. The third-order valence-corrected chi connectivity index (χ3v) is 3.53. The number of ketones is 1. The van der Waals surface area contributed by atoms with Crippen LogP contribution in [0.5, 0.6) is 0 Å². The van der Waals surface area contributed by atoms with Gasteiger partial charge in [-0.1, -0.05) is 30.3 Å². The zero-order valence-electron chi connectivity index (χ0n) is 10.7. The highest BCUT2D eigenvalue weighted by Gasteiger charge is 2.32. The summed E-state index contributed by atoms with van der Waals surface area (Å²) in [5.41, 5.74) is 1.29. The summed E-state index contributed by atoms with van der Waals surface area (Å²) in [6.07, 6.45) is 2.65. The molecular formula is C15H21NO. The topological polar surface area (TPSA) is 20.3 Å². The first kappa shape index (κ1) is 12.3. The summed E-state index contributed by atoms with van der Waals surface area (Å²) in [5, 5.41) is 0. The van der Waals surface area contributed by atoms with E-state index in [2.05, 4.69) is 36.1 Å². The lowest BCUT2D eigenvalue weighted by atomic mass is 10.1. The van der Waals surface area contributed by atoms with E-state index in [1.807, 2.05) is 6.07 Å². The Morgan fingerprint density at radius 2 is 2.00 bits per heavy atom. The second-order valence-electron chi connectivity index (χ2n) is 5.17. The minimum Gasteiger partial charge on any atom is -0.299 e. The fraction of sp³-hybridized carbons (Fsp3) is 0.533. The molecule has 1 aliphatic rings. The van der Waals surface area contributed by atoms with Crippen molar-refractivity contribution in [3.05, 3.63) is 35.9 Å². The Morgan fingerprint density at radius 3 is 2.53 bits per heavy atom. The first-order chi connectivity index (χ1) is 8.16. The lowest BCUT2D eigenvalue weighted by molar-refractivity contribution is -0.118. The van der Waals surface area contributed by atoms with Crippen molar-refractivity contribution in [2.75, 3.05) is 6.54 Å². The number of Topliss-reactive ketones (excluding diaryl/α,β-unsaturated/α-hetero) is 1. The van der Waals surface area contributed by atoms with Gasteiger partial charge in [0, 0.05) is 12.6 Å². The fourth-order valence-electron chi connectivity index (χ4n) is 2.32. The van der Waals surface area contributed by atoms with Gasteiger partial charge >= 0.3 is 0 Å². The van der Waals surface area contributed by atoms with Crippen molar-refractivity contribution in [3.63, 3.8) is 0 Å². The van der Waals surface area contributed by atoms with E-state index in [1.165, 1.54) is 18.4 Å². The third kappa shape index (κ3) is 3.67. The Labute approximate surface area is 104 Å². The van der Waals surface area contributed by atoms with Crippen LogP contribution >= 0.6 is 0 Å². The first-order valence-electron chi connectivity index (χ1n) is 6.44. The number of nitrogens with zero attached hydrogens (tertiary/aromatic N) is 1. The fourth-order valence-corrected chi connectivity index (χ4v) is 2.32. The lowest BCUT2D eigenvalue weighted by Gasteiger charge is -2.28. The van der Waals surface area contributed by atoms with Gasteiger partial charge in [-0.15, -0.1) is 0 Å². The van der Waals surface area contributed by atoms with Gasteiger partial charge < -0.3 is 0 Å². The van der Waals surface area contributed by atoms with Crippen LogP contribution in [-0.2, 0) is 11.3 Å². The molecule has 0 heterocycles. The third-order valence-electron chi connectivity index (χ3n) is 3.53. The highest BCUT2D eigenvalue weighted by atomic mass is 16.1. The van der Waals surface area contributed by atoms with E-state index >= 15 is 0 Å². The second-order valence-corrected chi connectivity index (χ2v) is 5.17. The molecule has 1 saturated carbocycles. The number of benzene rings is 1. The number of carbonyl (C=O) groups excluding carboxylic acids is 1. The number of carbonyl (C=O) groups is 1. The van der Waals surface area contributed by atoms with Crippen LogP contribution in [0.3, 0.4) is 0 Å². The monoisotopic (exact) mass is 231 g/mol. The van der Waals surface area contributed by atoms with Crippen molar-refractivity contribution in [3.8, 4) is 0 Å². The van der Waals surface area contributed by atoms with Crippen LogP contribution in [0.4, 0.5) is 0 Å². The molecule has 2 nitrogen and oxygen atoms in total. The predicted octanol–water partition coefficient (Wildman–Crippen LogP) is 2.88. The van der Waals surface area contributed by atoms with Crippen molar-refractivity contribution in [1.29, 1.82) is 0 Å². The zero-order chi connectivity index (χ0) is 12.3. The highest BCUT2D eigenvalue weighted by molar-refractivity contribution is 5.77. The van der Waals surface area contributed by atoms with Gasteiger partial charge in [0.1, 0.15) is 5.78 Å². The van der Waals surface area contributed by atoms with Crippen molar-refractivity contribution in [2.24, 2.45) is 5.92 Å². The van der Waals surface area contributed by atoms with E-state index in [0.717, 1.165) is 12.5 Å². The molecule has 1 atom stereocenters. The molecule has 0 aliphatic heterocycles. The van der Waals surface area contributed by atoms with Crippen LogP contribution in [0, 0.1) is 5.92 Å².